The number of benzene rings is 2. The van der Waals surface area contributed by atoms with Gasteiger partial charge in [-0.2, -0.15) is 0 Å². The van der Waals surface area contributed by atoms with Crippen LogP contribution in [0.5, 0.6) is 0 Å². The Morgan fingerprint density at radius 2 is 1.43 bits per heavy atom. The first kappa shape index (κ1) is 16.0. The number of aliphatic imine (C=N–C) groups is 1. The van der Waals surface area contributed by atoms with Crippen LogP contribution in [0.3, 0.4) is 0 Å². The molecular formula is C19H22NSe-. The molecule has 2 heteroatoms. The average molecular weight is 343 g/mol. The number of hydrogen-bond donors (Lipinski definition) is 0. The van der Waals surface area contributed by atoms with E-state index < -0.39 is 0 Å². The van der Waals surface area contributed by atoms with Crippen LogP contribution in [-0.2, 0) is 0 Å². The molecule has 1 nitrogen and oxygen atoms in total. The molecule has 0 bridgehead atoms. The number of hydrogen-bond acceptors (Lipinski definition) is 1. The molecule has 0 N–H and O–H groups in total. The van der Waals surface area contributed by atoms with Crippen molar-refractivity contribution in [2.45, 2.75) is 39.5 Å². The summed E-state index contributed by atoms with van der Waals surface area (Å²) in [4.78, 5) is 4.83. The monoisotopic (exact) mass is 344 g/mol. The van der Waals surface area contributed by atoms with Gasteiger partial charge in [0.25, 0.3) is 0 Å². The van der Waals surface area contributed by atoms with E-state index in [9.17, 15) is 0 Å². The van der Waals surface area contributed by atoms with Crippen LogP contribution in [0, 0.1) is 0 Å². The summed E-state index contributed by atoms with van der Waals surface area (Å²) in [6, 6.07) is 14.7. The maximum atomic E-state index is 4.83. The molecule has 0 unspecified atom stereocenters. The Hall–Kier alpha value is -1.37. The van der Waals surface area contributed by atoms with Gasteiger partial charge in [-0.05, 0) is 0 Å². The summed E-state index contributed by atoms with van der Waals surface area (Å²) in [7, 11) is 0. The van der Waals surface area contributed by atoms with Gasteiger partial charge in [0.05, 0.1) is 0 Å². The zero-order valence-corrected chi connectivity index (χ0v) is 14.8. The fourth-order valence-corrected chi connectivity index (χ4v) is 2.80. The van der Waals surface area contributed by atoms with Crippen molar-refractivity contribution in [3.05, 3.63) is 59.2 Å². The van der Waals surface area contributed by atoms with Gasteiger partial charge in [0.2, 0.25) is 0 Å². The van der Waals surface area contributed by atoms with Crippen molar-refractivity contribution in [3.8, 4) is 0 Å². The van der Waals surface area contributed by atoms with Gasteiger partial charge in [0.15, 0.2) is 0 Å². The third-order valence-corrected chi connectivity index (χ3v) is 4.37. The topological polar surface area (TPSA) is 12.4 Å². The average Bonchev–Trinajstić information content (AvgIpc) is 2.45. The van der Waals surface area contributed by atoms with E-state index >= 15 is 0 Å². The third kappa shape index (κ3) is 3.84. The number of para-hydroxylation sites is 1. The first-order valence-corrected chi connectivity index (χ1v) is 8.29. The van der Waals surface area contributed by atoms with Crippen molar-refractivity contribution in [1.82, 2.24) is 0 Å². The van der Waals surface area contributed by atoms with Crippen molar-refractivity contribution >= 4 is 32.4 Å². The number of nitrogens with zero attached hydrogens (tertiary/aromatic N) is 1. The van der Waals surface area contributed by atoms with E-state index in [1.54, 1.807) is 0 Å². The predicted octanol–water partition coefficient (Wildman–Crippen LogP) is 4.48. The normalized spacial score (nSPS) is 11.7. The van der Waals surface area contributed by atoms with Gasteiger partial charge in [-0.25, -0.2) is 0 Å². The van der Waals surface area contributed by atoms with Crippen LogP contribution < -0.4 is 4.46 Å². The van der Waals surface area contributed by atoms with Crippen LogP contribution in [0.15, 0.2) is 47.5 Å². The molecule has 0 aliphatic heterocycles. The Balaban J connectivity index is 2.49. The fraction of sp³-hybridized carbons (Fsp3) is 0.316. The Morgan fingerprint density at radius 3 is 1.95 bits per heavy atom. The molecule has 0 saturated carbocycles. The predicted molar refractivity (Wildman–Crippen MR) is 93.7 cm³/mol. The summed E-state index contributed by atoms with van der Waals surface area (Å²) in [5.74, 6) is 0.943. The van der Waals surface area contributed by atoms with Crippen LogP contribution in [0.1, 0.15) is 56.2 Å². The summed E-state index contributed by atoms with van der Waals surface area (Å²) in [5.41, 5.74) is 4.89. The summed E-state index contributed by atoms with van der Waals surface area (Å²) in [5, 5.41) is 0. The van der Waals surface area contributed by atoms with Crippen molar-refractivity contribution < 1.29 is 0 Å². The second-order valence-electron chi connectivity index (χ2n) is 5.89. The Bertz CT molecular complexity index is 616. The third-order valence-electron chi connectivity index (χ3n) is 3.59. The van der Waals surface area contributed by atoms with Crippen LogP contribution >= 0.6 is 0 Å². The maximum absolute atomic E-state index is 4.83. The summed E-state index contributed by atoms with van der Waals surface area (Å²) >= 11 is 3.09. The van der Waals surface area contributed by atoms with Crippen LogP contribution in [0.4, 0.5) is 5.69 Å². The van der Waals surface area contributed by atoms with Gasteiger partial charge >= 0.3 is 136 Å². The zero-order valence-electron chi connectivity index (χ0n) is 13.1. The summed E-state index contributed by atoms with van der Waals surface area (Å²) < 4.78 is 1.13. The van der Waals surface area contributed by atoms with Crippen LogP contribution in [-0.4, -0.2) is 22.2 Å². The Labute approximate surface area is 136 Å². The van der Waals surface area contributed by atoms with Crippen molar-refractivity contribution in [1.29, 1.82) is 0 Å². The summed E-state index contributed by atoms with van der Waals surface area (Å²) in [6.45, 7) is 8.89. The van der Waals surface area contributed by atoms with E-state index in [-0.39, 0.29) is 0 Å². The van der Waals surface area contributed by atoms with Gasteiger partial charge in [-0.3, -0.25) is 0 Å². The molecule has 0 atom stereocenters. The molecule has 0 aromatic heterocycles. The number of rotatable bonds is 4. The van der Waals surface area contributed by atoms with Gasteiger partial charge in [0.1, 0.15) is 0 Å². The molecule has 21 heavy (non-hydrogen) atoms. The minimum absolute atomic E-state index is 0.472. The molecule has 0 aliphatic rings. The van der Waals surface area contributed by atoms with E-state index in [0.29, 0.717) is 11.8 Å². The molecule has 0 aliphatic carbocycles. The molecular weight excluding hydrogens is 321 g/mol. The quantitative estimate of drug-likeness (QED) is 0.573. The van der Waals surface area contributed by atoms with Crippen molar-refractivity contribution in [3.63, 3.8) is 0 Å². The van der Waals surface area contributed by atoms with Gasteiger partial charge in [-0.1, -0.05) is 0 Å². The molecule has 0 radical (unpaired) electrons. The van der Waals surface area contributed by atoms with Gasteiger partial charge < -0.3 is 0 Å². The van der Waals surface area contributed by atoms with E-state index in [0.717, 1.165) is 15.7 Å². The molecule has 2 rings (SSSR count). The SMILES string of the molecule is CC(C)c1cccc(C(C)C)c1N=Cc1ccccc1[Se-]. The second-order valence-corrected chi connectivity index (χ2v) is 6.81. The van der Waals surface area contributed by atoms with Crippen molar-refractivity contribution in [2.75, 3.05) is 0 Å². The van der Waals surface area contributed by atoms with E-state index in [1.807, 2.05) is 18.3 Å². The minimum atomic E-state index is 0.472. The molecule has 110 valence electrons. The van der Waals surface area contributed by atoms with Gasteiger partial charge in [0, 0.05) is 0 Å². The first-order chi connectivity index (χ1) is 10.0. The molecule has 0 saturated heterocycles. The fourth-order valence-electron chi connectivity index (χ4n) is 2.38. The Morgan fingerprint density at radius 1 is 0.857 bits per heavy atom. The zero-order chi connectivity index (χ0) is 15.4. The molecule has 2 aromatic carbocycles. The van der Waals surface area contributed by atoms with E-state index in [1.165, 1.54) is 11.1 Å². The Kier molecular flexibility index (Phi) is 5.38. The van der Waals surface area contributed by atoms with Crippen LogP contribution in [0.25, 0.3) is 0 Å². The first-order valence-electron chi connectivity index (χ1n) is 7.43. The van der Waals surface area contributed by atoms with E-state index in [4.69, 9.17) is 4.99 Å². The molecule has 0 fully saturated rings. The summed E-state index contributed by atoms with van der Waals surface area (Å²) in [6.07, 6.45) is 1.97. The van der Waals surface area contributed by atoms with Crippen LogP contribution in [0.2, 0.25) is 0 Å². The van der Waals surface area contributed by atoms with Crippen molar-refractivity contribution in [2.24, 2.45) is 4.99 Å². The molecule has 2 aromatic rings. The van der Waals surface area contributed by atoms with E-state index in [2.05, 4.69) is 74.0 Å². The molecule has 0 amide bonds. The second kappa shape index (κ2) is 7.06. The standard InChI is InChI=1S/C19H23NSe/c1-13(2)16-9-7-10-17(14(3)4)19(16)20-12-15-8-5-6-11-18(15)21/h5-14,21H,1-4H3/p-1. The molecule has 0 heterocycles. The van der Waals surface area contributed by atoms with Gasteiger partial charge in [-0.15, -0.1) is 0 Å². The molecule has 0 spiro atoms.